The Hall–Kier alpha value is -3.96. The molecule has 1 atom stereocenters. The average molecular weight is 1190 g/mol. The number of carbonyl (C=O) groups excluding carboxylic acids is 2. The summed E-state index contributed by atoms with van der Waals surface area (Å²) >= 11 is 0. The number of rotatable bonds is 67. The van der Waals surface area contributed by atoms with E-state index in [0.29, 0.717) is 12.8 Å². The molecule has 0 aliphatic carbocycles. The van der Waals surface area contributed by atoms with E-state index in [1.807, 2.05) is 0 Å². The molecule has 0 aromatic rings. The lowest BCUT2D eigenvalue weighted by atomic mass is 10.0. The second kappa shape index (κ2) is 75.3. The van der Waals surface area contributed by atoms with Crippen molar-refractivity contribution in [1.29, 1.82) is 0 Å². The minimum absolute atomic E-state index is 0.0760. The summed E-state index contributed by atoms with van der Waals surface area (Å²) in [6.07, 6.45) is 112. The van der Waals surface area contributed by atoms with Crippen molar-refractivity contribution in [1.82, 2.24) is 0 Å². The Morgan fingerprint density at radius 3 is 0.767 bits per heavy atom. The van der Waals surface area contributed by atoms with E-state index in [1.54, 1.807) is 0 Å². The molecule has 1 N–H and O–H groups in total. The molecular weight excluding hydrogens is 1050 g/mol. The normalized spacial score (nSPS) is 13.0. The monoisotopic (exact) mass is 1190 g/mol. The van der Waals surface area contributed by atoms with E-state index in [1.165, 1.54) is 212 Å². The van der Waals surface area contributed by atoms with Crippen LogP contribution in [0.15, 0.2) is 134 Å². The largest absolute Gasteiger partial charge is 0.462 e. The molecule has 0 saturated carbocycles. The van der Waals surface area contributed by atoms with Crippen LogP contribution in [0.4, 0.5) is 0 Å². The highest BCUT2D eigenvalue weighted by Crippen LogP contribution is 2.18. The van der Waals surface area contributed by atoms with Crippen LogP contribution in [0, 0.1) is 0 Å². The van der Waals surface area contributed by atoms with Crippen molar-refractivity contribution >= 4 is 11.9 Å². The number of ether oxygens (including phenoxy) is 2. The van der Waals surface area contributed by atoms with E-state index in [-0.39, 0.29) is 25.2 Å². The van der Waals surface area contributed by atoms with E-state index in [4.69, 9.17) is 9.47 Å². The Kier molecular flexibility index (Phi) is 71.8. The van der Waals surface area contributed by atoms with E-state index in [9.17, 15) is 14.7 Å². The molecule has 0 saturated heterocycles. The topological polar surface area (TPSA) is 72.8 Å². The van der Waals surface area contributed by atoms with Gasteiger partial charge in [0.05, 0.1) is 6.61 Å². The molecule has 5 nitrogen and oxygen atoms in total. The highest BCUT2D eigenvalue weighted by Gasteiger charge is 2.16. The van der Waals surface area contributed by atoms with Gasteiger partial charge in [0.15, 0.2) is 6.10 Å². The first-order valence-corrected chi connectivity index (χ1v) is 36.7. The summed E-state index contributed by atoms with van der Waals surface area (Å²) in [6.45, 7) is 4.04. The van der Waals surface area contributed by atoms with Gasteiger partial charge in [0.25, 0.3) is 0 Å². The predicted octanol–water partition coefficient (Wildman–Crippen LogP) is 25.9. The van der Waals surface area contributed by atoms with Gasteiger partial charge in [0.1, 0.15) is 6.61 Å². The number of aliphatic hydroxyl groups is 1. The van der Waals surface area contributed by atoms with Crippen molar-refractivity contribution < 1.29 is 24.2 Å². The highest BCUT2D eigenvalue weighted by atomic mass is 16.6. The fourth-order valence-corrected chi connectivity index (χ4v) is 10.5. The Balaban J connectivity index is 3.52. The molecule has 0 fully saturated rings. The molecule has 0 heterocycles. The molecule has 0 aliphatic heterocycles. The van der Waals surface area contributed by atoms with Crippen molar-refractivity contribution in [3.8, 4) is 0 Å². The summed E-state index contributed by atoms with van der Waals surface area (Å²) in [5, 5.41) is 9.71. The summed E-state index contributed by atoms with van der Waals surface area (Å²) < 4.78 is 10.8. The molecule has 492 valence electrons. The zero-order valence-electron chi connectivity index (χ0n) is 56.5. The number of carbonyl (C=O) groups is 2. The van der Waals surface area contributed by atoms with E-state index < -0.39 is 6.10 Å². The molecule has 5 heteroatoms. The van der Waals surface area contributed by atoms with Crippen molar-refractivity contribution in [2.24, 2.45) is 0 Å². The third-order valence-electron chi connectivity index (χ3n) is 15.9. The van der Waals surface area contributed by atoms with Crippen LogP contribution in [0.1, 0.15) is 348 Å². The van der Waals surface area contributed by atoms with Gasteiger partial charge in [-0.3, -0.25) is 9.59 Å². The second-order valence-corrected chi connectivity index (χ2v) is 24.3. The van der Waals surface area contributed by atoms with Gasteiger partial charge in [0, 0.05) is 12.8 Å². The SMILES string of the molecule is CC/C=C\C/C=C\C/C=C\C/C=C\C/C=C\C/C=C\C/C=C\C/C=C\C/C=C\C/C=C\CCCCCCCCC(=O)OC(CO)COC(=O)CCCCCCCCCCCCCCCCCCCCCCCCC/C=C\CCCCCCCCCC. The van der Waals surface area contributed by atoms with Gasteiger partial charge < -0.3 is 14.6 Å². The van der Waals surface area contributed by atoms with E-state index in [0.717, 1.165) is 109 Å². The van der Waals surface area contributed by atoms with Crippen molar-refractivity contribution in [3.63, 3.8) is 0 Å². The van der Waals surface area contributed by atoms with Crippen LogP contribution in [-0.2, 0) is 19.1 Å². The van der Waals surface area contributed by atoms with Crippen LogP contribution >= 0.6 is 0 Å². The van der Waals surface area contributed by atoms with E-state index in [2.05, 4.69) is 148 Å². The Bertz CT molecular complexity index is 1730. The Morgan fingerprint density at radius 1 is 0.279 bits per heavy atom. The average Bonchev–Trinajstić information content (AvgIpc) is 3.53. The molecule has 0 amide bonds. The number of aliphatic hydroxyl groups excluding tert-OH is 1. The first kappa shape index (κ1) is 82.0. The summed E-state index contributed by atoms with van der Waals surface area (Å²) in [6, 6.07) is 0. The van der Waals surface area contributed by atoms with Gasteiger partial charge in [0.2, 0.25) is 0 Å². The minimum atomic E-state index is -0.790. The highest BCUT2D eigenvalue weighted by molar-refractivity contribution is 5.70. The zero-order chi connectivity index (χ0) is 61.9. The van der Waals surface area contributed by atoms with Crippen LogP contribution in [0.3, 0.4) is 0 Å². The van der Waals surface area contributed by atoms with Gasteiger partial charge in [-0.15, -0.1) is 0 Å². The summed E-state index contributed by atoms with van der Waals surface area (Å²) in [4.78, 5) is 24.7. The van der Waals surface area contributed by atoms with Crippen LogP contribution in [0.2, 0.25) is 0 Å². The van der Waals surface area contributed by atoms with Gasteiger partial charge in [-0.1, -0.05) is 353 Å². The molecule has 0 aromatic carbocycles. The lowest BCUT2D eigenvalue weighted by molar-refractivity contribution is -0.161. The fourth-order valence-electron chi connectivity index (χ4n) is 10.5. The summed E-state index contributed by atoms with van der Waals surface area (Å²) in [5.74, 6) is -0.602. The first-order valence-electron chi connectivity index (χ1n) is 36.7. The number of hydrogen-bond acceptors (Lipinski definition) is 5. The van der Waals surface area contributed by atoms with Crippen molar-refractivity contribution in [3.05, 3.63) is 134 Å². The van der Waals surface area contributed by atoms with Crippen molar-refractivity contribution in [2.75, 3.05) is 13.2 Å². The smallest absolute Gasteiger partial charge is 0.306 e. The maximum Gasteiger partial charge on any atom is 0.306 e. The molecule has 86 heavy (non-hydrogen) atoms. The van der Waals surface area contributed by atoms with Gasteiger partial charge in [-0.2, -0.15) is 0 Å². The molecule has 0 spiro atoms. The number of unbranched alkanes of at least 4 members (excludes halogenated alkanes) is 37. The maximum atomic E-state index is 12.4. The van der Waals surface area contributed by atoms with Gasteiger partial charge >= 0.3 is 11.9 Å². The molecule has 0 bridgehead atoms. The van der Waals surface area contributed by atoms with E-state index >= 15 is 0 Å². The molecule has 0 aromatic heterocycles. The third-order valence-corrected chi connectivity index (χ3v) is 15.9. The lowest BCUT2D eigenvalue weighted by Crippen LogP contribution is -2.28. The lowest BCUT2D eigenvalue weighted by Gasteiger charge is -2.15. The molecule has 1 unspecified atom stereocenters. The molecule has 0 radical (unpaired) electrons. The standard InChI is InChI=1S/C81H138O5/c1-3-5-7-9-11-13-15-17-19-21-23-25-27-29-31-33-35-37-39-40-42-44-46-48-50-52-54-56-58-60-62-64-66-68-70-72-74-76-81(84)86-79(77-82)78-85-80(83)75-73-71-69-67-65-63-61-59-57-55-53-51-49-47-45-43-41-38-36-34-32-30-28-26-24-22-20-18-16-14-12-10-8-6-4-2/h5,7,11,13,17,19,22-25,29,31,35,37,40,42,46,48,52,54,58,60,79,82H,3-4,6,8-10,12,14-16,18,20-21,26-28,30,32-34,36,38-39,41,43-45,47,49-51,53,55-57,59,61-78H2,1-2H3/b7-5-,13-11-,19-17-,24-22-,25-23-,31-29-,37-35-,42-40-,48-46-,54-52-,60-58-. The second-order valence-electron chi connectivity index (χ2n) is 24.3. The number of esters is 2. The predicted molar refractivity (Wildman–Crippen MR) is 380 cm³/mol. The van der Waals surface area contributed by atoms with Gasteiger partial charge in [-0.25, -0.2) is 0 Å². The zero-order valence-corrected chi connectivity index (χ0v) is 56.5. The van der Waals surface area contributed by atoms with Crippen LogP contribution < -0.4 is 0 Å². The maximum absolute atomic E-state index is 12.4. The molecular formula is C81H138O5. The molecule has 0 aliphatic rings. The fraction of sp³-hybridized carbons (Fsp3) is 0.704. The van der Waals surface area contributed by atoms with Gasteiger partial charge in [-0.05, 0) is 116 Å². The summed E-state index contributed by atoms with van der Waals surface area (Å²) in [7, 11) is 0. The van der Waals surface area contributed by atoms with Crippen LogP contribution in [0.5, 0.6) is 0 Å². The quantitative estimate of drug-likeness (QED) is 0.0373. The minimum Gasteiger partial charge on any atom is -0.462 e. The number of allylic oxidation sites excluding steroid dienone is 22. The van der Waals surface area contributed by atoms with Crippen LogP contribution in [-0.4, -0.2) is 36.4 Å². The number of hydrogen-bond donors (Lipinski definition) is 1. The first-order chi connectivity index (χ1) is 42.6. The third kappa shape index (κ3) is 72.5. The Morgan fingerprint density at radius 2 is 0.500 bits per heavy atom. The molecule has 0 rings (SSSR count). The Labute approximate surface area is 534 Å². The summed E-state index contributed by atoms with van der Waals surface area (Å²) in [5.41, 5.74) is 0. The van der Waals surface area contributed by atoms with Crippen molar-refractivity contribution in [2.45, 2.75) is 354 Å². The van der Waals surface area contributed by atoms with Crippen LogP contribution in [0.25, 0.3) is 0 Å².